The fourth-order valence-electron chi connectivity index (χ4n) is 8.20. The molecule has 9 nitrogen and oxygen atoms in total. The molecule has 10 aromatic rings. The highest BCUT2D eigenvalue weighted by atomic mass is 27.2. The lowest BCUT2D eigenvalue weighted by molar-refractivity contribution is 0.987. The number of para-hydroxylation sites is 6. The van der Waals surface area contributed by atoms with E-state index in [-0.39, 0.29) is 0 Å². The average molecular weight is 760 g/mol. The zero-order chi connectivity index (χ0) is 38.2. The Morgan fingerprint density at radius 1 is 0.328 bits per heavy atom. The SMILES string of the molecule is C1=C\c2cc3cc(c2)/C=C\c2ccc(nc2)-c2nc4ccccc4[n]2[Al]([n]2c(nc4ccccc42)-c2ccc/1cn2)[n]1c(nc2ccccc21)-c1ccc(cn1)/C=C\3. The Morgan fingerprint density at radius 3 is 0.948 bits per heavy atom. The highest BCUT2D eigenvalue weighted by molar-refractivity contribution is 6.59. The Morgan fingerprint density at radius 2 is 0.638 bits per heavy atom. The summed E-state index contributed by atoms with van der Waals surface area (Å²) in [5.74, 6) is 2.26. The number of imidazole rings is 3. The van der Waals surface area contributed by atoms with Crippen molar-refractivity contribution in [2.75, 3.05) is 0 Å². The third-order valence-corrected chi connectivity index (χ3v) is 13.9. The predicted octanol–water partition coefficient (Wildman–Crippen LogP) is 9.99. The first kappa shape index (κ1) is 32.7. The third-order valence-electron chi connectivity index (χ3n) is 10.9. The van der Waals surface area contributed by atoms with Gasteiger partial charge in [0.1, 0.15) is 34.6 Å². The van der Waals surface area contributed by atoms with E-state index in [1.165, 1.54) is 0 Å². The van der Waals surface area contributed by atoms with Crippen molar-refractivity contribution >= 4 is 84.4 Å². The van der Waals surface area contributed by atoms with E-state index >= 15 is 0 Å². The smallest absolute Gasteiger partial charge is 0.377 e. The molecule has 0 aliphatic carbocycles. The van der Waals surface area contributed by atoms with Crippen molar-refractivity contribution in [2.45, 2.75) is 0 Å². The molecule has 0 spiro atoms. The molecule has 10 bridgehead atoms. The monoisotopic (exact) mass is 759 g/mol. The maximum atomic E-state index is 5.37. The van der Waals surface area contributed by atoms with E-state index in [4.69, 9.17) is 29.9 Å². The molecule has 0 unspecified atom stereocenters. The van der Waals surface area contributed by atoms with Crippen molar-refractivity contribution in [1.29, 1.82) is 0 Å². The standard InChI is InChI=1S/C48H30N9.Al/c1-2-8-38-37(7-1)52-46(53-38)43-22-19-31(28-49-43)13-16-34-25-35(17-14-32-20-23-44(50-29-32)47-54-39-9-3-4-10-40(39)55-47)27-36(26-34)18-15-33-21-24-45(51-30-33)48-56-41-11-5-6-12-42(41)57-48;/h1-30H;/q-3;+3/b16-13-,17-14-,18-15-;. The maximum Gasteiger partial charge on any atom is 0.760 e. The molecule has 6 aromatic heterocycles. The Kier molecular flexibility index (Phi) is 7.35. The number of hydrogen-bond donors (Lipinski definition) is 0. The van der Waals surface area contributed by atoms with Crippen molar-refractivity contribution < 1.29 is 0 Å². The number of fused-ring (bicyclic) bond motifs is 3. The lowest BCUT2D eigenvalue weighted by Gasteiger charge is -2.23. The fourth-order valence-corrected chi connectivity index (χ4v) is 11.5. The normalized spacial score (nSPS) is 14.6. The largest absolute Gasteiger partial charge is 0.760 e. The van der Waals surface area contributed by atoms with Crippen LogP contribution in [-0.4, -0.2) is 55.4 Å². The second-order valence-corrected chi connectivity index (χ2v) is 16.8. The van der Waals surface area contributed by atoms with Gasteiger partial charge < -0.3 is 10.7 Å². The number of rotatable bonds is 0. The summed E-state index contributed by atoms with van der Waals surface area (Å²) in [5.41, 5.74) is 14.0. The molecule has 0 amide bonds. The fraction of sp³-hybridized carbons (Fsp3) is 0. The lowest BCUT2D eigenvalue weighted by atomic mass is 10.0. The summed E-state index contributed by atoms with van der Waals surface area (Å²) in [7, 11) is 0. The van der Waals surface area contributed by atoms with Crippen LogP contribution in [0.25, 0.3) is 104 Å². The van der Waals surface area contributed by atoms with Crippen LogP contribution in [0.15, 0.2) is 146 Å². The quantitative estimate of drug-likeness (QED) is 0.143. The molecule has 12 aliphatic rings. The Hall–Kier alpha value is -7.51. The molecule has 22 rings (SSSR count). The molecule has 0 fully saturated rings. The minimum absolute atomic E-state index is 0.754. The van der Waals surface area contributed by atoms with Crippen LogP contribution >= 0.6 is 0 Å². The van der Waals surface area contributed by atoms with E-state index in [1.807, 2.05) is 36.8 Å². The lowest BCUT2D eigenvalue weighted by Crippen LogP contribution is -2.43. The van der Waals surface area contributed by atoms with E-state index in [2.05, 4.69) is 156 Å². The Balaban J connectivity index is 1.29. The van der Waals surface area contributed by atoms with Gasteiger partial charge in [0.2, 0.25) is 0 Å². The molecule has 0 saturated carbocycles. The van der Waals surface area contributed by atoms with Gasteiger partial charge in [0.15, 0.2) is 0 Å². The van der Waals surface area contributed by atoms with Crippen molar-refractivity contribution in [3.63, 3.8) is 0 Å². The van der Waals surface area contributed by atoms with E-state index in [9.17, 15) is 0 Å². The van der Waals surface area contributed by atoms with Crippen molar-refractivity contribution in [3.05, 3.63) is 179 Å². The van der Waals surface area contributed by atoms with Crippen molar-refractivity contribution in [2.24, 2.45) is 0 Å². The molecule has 4 aromatic carbocycles. The summed E-state index contributed by atoms with van der Waals surface area (Å²) in [5, 5.41) is 0. The van der Waals surface area contributed by atoms with Crippen LogP contribution in [0.3, 0.4) is 0 Å². The average Bonchev–Trinajstić information content (AvgIpc) is 3.97. The summed E-state index contributed by atoms with van der Waals surface area (Å²) < 4.78 is 7.21. The van der Waals surface area contributed by atoms with Gasteiger partial charge in [0.25, 0.3) is 0 Å². The molecule has 10 heteroatoms. The maximum absolute atomic E-state index is 5.37. The Bertz CT molecular complexity index is 2960. The van der Waals surface area contributed by atoms with Crippen LogP contribution in [-0.2, 0) is 0 Å². The molecule has 18 heterocycles. The van der Waals surface area contributed by atoms with Gasteiger partial charge in [-0.15, -0.1) is 0 Å². The molecule has 12 aliphatic heterocycles. The number of pyridine rings is 3. The van der Waals surface area contributed by atoms with Gasteiger partial charge in [-0.3, -0.25) is 15.0 Å². The summed E-state index contributed by atoms with van der Waals surface area (Å²) in [6.45, 7) is 0. The van der Waals surface area contributed by atoms with Crippen molar-refractivity contribution in [3.8, 4) is 34.6 Å². The number of aromatic nitrogens is 9. The first-order valence-electron chi connectivity index (χ1n) is 19.2. The van der Waals surface area contributed by atoms with Crippen LogP contribution in [0.2, 0.25) is 0 Å². The number of nitrogens with zero attached hydrogens (tertiary/aromatic N) is 9. The summed E-state index contributed by atoms with van der Waals surface area (Å²) in [6.07, 6.45) is 18.6. The second kappa shape index (κ2) is 13.0. The van der Waals surface area contributed by atoms with Gasteiger partial charge in [-0.05, 0) is 106 Å². The zero-order valence-corrected chi connectivity index (χ0v) is 32.1. The summed E-state index contributed by atoms with van der Waals surface area (Å²) >= 11 is -2.94. The molecule has 58 heavy (non-hydrogen) atoms. The summed E-state index contributed by atoms with van der Waals surface area (Å²) in [6, 6.07) is 44.2. The van der Waals surface area contributed by atoms with Crippen LogP contribution < -0.4 is 0 Å². The second-order valence-electron chi connectivity index (χ2n) is 14.6. The topological polar surface area (TPSA) is 92.1 Å². The molecule has 270 valence electrons. The van der Waals surface area contributed by atoms with Gasteiger partial charge in [-0.1, -0.05) is 91.1 Å². The minimum Gasteiger partial charge on any atom is -0.377 e. The number of benzene rings is 4. The number of hydrogen-bond acceptors (Lipinski definition) is 6. The molecule has 0 saturated heterocycles. The van der Waals surface area contributed by atoms with E-state index in [1.54, 1.807) is 0 Å². The predicted molar refractivity (Wildman–Crippen MR) is 234 cm³/mol. The highest BCUT2D eigenvalue weighted by Crippen LogP contribution is 2.34. The van der Waals surface area contributed by atoms with Crippen LogP contribution in [0.1, 0.15) is 33.4 Å². The molecule has 0 atom stereocenters. The highest BCUT2D eigenvalue weighted by Gasteiger charge is 2.43. The van der Waals surface area contributed by atoms with E-state index in [0.717, 1.165) is 101 Å². The first-order chi connectivity index (χ1) is 28.7. The van der Waals surface area contributed by atoms with Gasteiger partial charge in [0.05, 0.1) is 16.6 Å². The first-order valence-corrected chi connectivity index (χ1v) is 20.7. The Labute approximate surface area is 337 Å². The molecular weight excluding hydrogens is 730 g/mol. The van der Waals surface area contributed by atoms with Gasteiger partial charge in [-0.25, -0.2) is 15.0 Å². The van der Waals surface area contributed by atoms with Gasteiger partial charge in [-0.2, -0.15) is 0 Å². The molecular formula is C48H30AlN9. The van der Waals surface area contributed by atoms with Gasteiger partial charge in [0, 0.05) is 35.1 Å². The van der Waals surface area contributed by atoms with Crippen LogP contribution in [0.5, 0.6) is 0 Å². The summed E-state index contributed by atoms with van der Waals surface area (Å²) in [4.78, 5) is 31.5. The third kappa shape index (κ3) is 5.39. The van der Waals surface area contributed by atoms with E-state index < -0.39 is 14.8 Å². The van der Waals surface area contributed by atoms with E-state index in [0.29, 0.717) is 0 Å². The minimum atomic E-state index is -2.94. The van der Waals surface area contributed by atoms with Crippen LogP contribution in [0.4, 0.5) is 0 Å². The van der Waals surface area contributed by atoms with Gasteiger partial charge >= 0.3 is 14.8 Å². The zero-order valence-electron chi connectivity index (χ0n) is 30.9. The van der Waals surface area contributed by atoms with Crippen LogP contribution in [0, 0.1) is 0 Å². The van der Waals surface area contributed by atoms with Crippen molar-refractivity contribution in [1.82, 2.24) is 40.6 Å². The molecule has 0 N–H and O–H groups in total. The molecule has 0 radical (unpaired) electrons.